The minimum Gasteiger partial charge on any atom is -0.371 e. The Morgan fingerprint density at radius 1 is 1.69 bits per heavy atom. The quantitative estimate of drug-likeness (QED) is 0.617. The van der Waals surface area contributed by atoms with E-state index in [1.165, 1.54) is 0 Å². The maximum atomic E-state index is 5.63. The second-order valence-corrected chi connectivity index (χ2v) is 3.04. The Bertz CT molecular complexity index is 220. The van der Waals surface area contributed by atoms with E-state index in [2.05, 4.69) is 13.2 Å². The minimum absolute atomic E-state index is 0.00921. The average Bonchev–Trinajstić information content (AvgIpc) is 2.17. The topological polar surface area (TPSA) is 18.5 Å². The molecule has 13 heavy (non-hydrogen) atoms. The van der Waals surface area contributed by atoms with Crippen LogP contribution in [0.25, 0.3) is 0 Å². The molecule has 1 aliphatic heterocycles. The number of rotatable bonds is 4. The molecule has 0 saturated heterocycles. The predicted octanol–water partition coefficient (Wildman–Crippen LogP) is 2.09. The molecule has 1 heterocycles. The summed E-state index contributed by atoms with van der Waals surface area (Å²) < 4.78 is 11.1. The summed E-state index contributed by atoms with van der Waals surface area (Å²) in [7, 11) is 0. The van der Waals surface area contributed by atoms with Gasteiger partial charge in [-0.05, 0) is 13.0 Å². The van der Waals surface area contributed by atoms with Crippen molar-refractivity contribution < 1.29 is 9.47 Å². The van der Waals surface area contributed by atoms with Crippen LogP contribution in [0.2, 0.25) is 0 Å². The Morgan fingerprint density at radius 2 is 2.46 bits per heavy atom. The van der Waals surface area contributed by atoms with Crippen molar-refractivity contribution in [1.29, 1.82) is 0 Å². The summed E-state index contributed by atoms with van der Waals surface area (Å²) in [4.78, 5) is 0. The highest BCUT2D eigenvalue weighted by Crippen LogP contribution is 2.25. The van der Waals surface area contributed by atoms with E-state index in [0.29, 0.717) is 13.2 Å². The summed E-state index contributed by atoms with van der Waals surface area (Å²) in [6.45, 7) is 10.5. The van der Waals surface area contributed by atoms with Crippen molar-refractivity contribution in [3.05, 3.63) is 37.5 Å². The Labute approximate surface area is 79.5 Å². The molecule has 0 saturated carbocycles. The lowest BCUT2D eigenvalue weighted by Gasteiger charge is -2.35. The van der Waals surface area contributed by atoms with Crippen molar-refractivity contribution in [2.45, 2.75) is 18.6 Å². The van der Waals surface area contributed by atoms with Gasteiger partial charge in [0.1, 0.15) is 5.60 Å². The first-order chi connectivity index (χ1) is 6.25. The largest absolute Gasteiger partial charge is 0.371 e. The smallest absolute Gasteiger partial charge is 0.130 e. The van der Waals surface area contributed by atoms with Crippen LogP contribution in [0.1, 0.15) is 6.92 Å². The van der Waals surface area contributed by atoms with Crippen LogP contribution >= 0.6 is 0 Å². The van der Waals surface area contributed by atoms with Crippen molar-refractivity contribution in [1.82, 2.24) is 0 Å². The highest BCUT2D eigenvalue weighted by Gasteiger charge is 2.33. The SMILES string of the molecule is C=CCO[C@@]1(C=C)C=CCO[C@H]1C. The lowest BCUT2D eigenvalue weighted by molar-refractivity contribution is -0.0797. The zero-order valence-corrected chi connectivity index (χ0v) is 8.03. The molecule has 0 radical (unpaired) electrons. The predicted molar refractivity (Wildman–Crippen MR) is 53.6 cm³/mol. The molecule has 0 aromatic heterocycles. The monoisotopic (exact) mass is 180 g/mol. The second kappa shape index (κ2) is 4.40. The normalized spacial score (nSPS) is 32.8. The molecule has 0 aliphatic carbocycles. The molecule has 1 rings (SSSR count). The van der Waals surface area contributed by atoms with Crippen molar-refractivity contribution >= 4 is 0 Å². The Morgan fingerprint density at radius 3 is 3.00 bits per heavy atom. The lowest BCUT2D eigenvalue weighted by Crippen LogP contribution is -2.43. The molecule has 72 valence electrons. The summed E-state index contributed by atoms with van der Waals surface area (Å²) in [5, 5.41) is 0. The molecular formula is C11H16O2. The molecule has 0 bridgehead atoms. The van der Waals surface area contributed by atoms with E-state index in [9.17, 15) is 0 Å². The van der Waals surface area contributed by atoms with Gasteiger partial charge in [0.05, 0.1) is 19.3 Å². The standard InChI is InChI=1S/C11H16O2/c1-4-8-13-11(5-2)7-6-9-12-10(11)3/h4-7,10H,1-2,8-9H2,3H3/t10-,11-/m0/s1. The van der Waals surface area contributed by atoms with Gasteiger partial charge in [0, 0.05) is 0 Å². The zero-order chi connectivity index (χ0) is 9.73. The number of hydrogen-bond acceptors (Lipinski definition) is 2. The molecule has 0 amide bonds. The summed E-state index contributed by atoms with van der Waals surface area (Å²) in [6.07, 6.45) is 7.45. The van der Waals surface area contributed by atoms with Crippen LogP contribution in [0, 0.1) is 0 Å². The van der Waals surface area contributed by atoms with Gasteiger partial charge in [-0.2, -0.15) is 0 Å². The van der Waals surface area contributed by atoms with Crippen molar-refractivity contribution in [3.8, 4) is 0 Å². The molecule has 0 aromatic carbocycles. The van der Waals surface area contributed by atoms with E-state index in [-0.39, 0.29) is 6.10 Å². The molecule has 0 unspecified atom stereocenters. The van der Waals surface area contributed by atoms with Crippen LogP contribution in [0.4, 0.5) is 0 Å². The van der Waals surface area contributed by atoms with Gasteiger partial charge in [-0.1, -0.05) is 24.8 Å². The first kappa shape index (κ1) is 10.2. The summed E-state index contributed by atoms with van der Waals surface area (Å²) >= 11 is 0. The van der Waals surface area contributed by atoms with Crippen LogP contribution in [0.5, 0.6) is 0 Å². The third-order valence-corrected chi connectivity index (χ3v) is 2.23. The van der Waals surface area contributed by atoms with Crippen LogP contribution in [-0.4, -0.2) is 24.9 Å². The Hall–Kier alpha value is -0.860. The molecule has 0 aromatic rings. The van der Waals surface area contributed by atoms with E-state index >= 15 is 0 Å². The second-order valence-electron chi connectivity index (χ2n) is 3.04. The zero-order valence-electron chi connectivity index (χ0n) is 8.03. The van der Waals surface area contributed by atoms with E-state index < -0.39 is 5.60 Å². The summed E-state index contributed by atoms with van der Waals surface area (Å²) in [5.74, 6) is 0. The van der Waals surface area contributed by atoms with Gasteiger partial charge in [-0.15, -0.1) is 6.58 Å². The van der Waals surface area contributed by atoms with E-state index in [0.717, 1.165) is 0 Å². The van der Waals surface area contributed by atoms with E-state index in [1.54, 1.807) is 12.2 Å². The minimum atomic E-state index is -0.480. The number of hydrogen-bond donors (Lipinski definition) is 0. The van der Waals surface area contributed by atoms with Crippen LogP contribution < -0.4 is 0 Å². The molecule has 0 N–H and O–H groups in total. The van der Waals surface area contributed by atoms with E-state index in [1.807, 2.05) is 19.1 Å². The van der Waals surface area contributed by atoms with Gasteiger partial charge in [0.15, 0.2) is 0 Å². The summed E-state index contributed by atoms with van der Waals surface area (Å²) in [6, 6.07) is 0. The van der Waals surface area contributed by atoms with Gasteiger partial charge in [-0.25, -0.2) is 0 Å². The van der Waals surface area contributed by atoms with Crippen LogP contribution in [0.15, 0.2) is 37.5 Å². The van der Waals surface area contributed by atoms with Crippen molar-refractivity contribution in [2.75, 3.05) is 13.2 Å². The third kappa shape index (κ3) is 2.08. The average molecular weight is 180 g/mol. The maximum Gasteiger partial charge on any atom is 0.130 e. The fourth-order valence-electron chi connectivity index (χ4n) is 1.36. The molecule has 0 spiro atoms. The van der Waals surface area contributed by atoms with E-state index in [4.69, 9.17) is 9.47 Å². The first-order valence-corrected chi connectivity index (χ1v) is 4.43. The highest BCUT2D eigenvalue weighted by molar-refractivity contribution is 5.18. The van der Waals surface area contributed by atoms with Crippen LogP contribution in [-0.2, 0) is 9.47 Å². The molecule has 2 heteroatoms. The van der Waals surface area contributed by atoms with Crippen molar-refractivity contribution in [3.63, 3.8) is 0 Å². The van der Waals surface area contributed by atoms with Gasteiger partial charge in [-0.3, -0.25) is 0 Å². The molecule has 1 aliphatic rings. The Kier molecular flexibility index (Phi) is 3.46. The molecular weight excluding hydrogens is 164 g/mol. The fraction of sp³-hybridized carbons (Fsp3) is 0.455. The lowest BCUT2D eigenvalue weighted by atomic mass is 9.95. The first-order valence-electron chi connectivity index (χ1n) is 4.43. The highest BCUT2D eigenvalue weighted by atomic mass is 16.5. The molecule has 2 atom stereocenters. The Balaban J connectivity index is 2.75. The van der Waals surface area contributed by atoms with Gasteiger partial charge in [0.25, 0.3) is 0 Å². The van der Waals surface area contributed by atoms with Gasteiger partial charge in [0.2, 0.25) is 0 Å². The van der Waals surface area contributed by atoms with Crippen LogP contribution in [0.3, 0.4) is 0 Å². The van der Waals surface area contributed by atoms with Gasteiger partial charge >= 0.3 is 0 Å². The third-order valence-electron chi connectivity index (χ3n) is 2.23. The summed E-state index contributed by atoms with van der Waals surface area (Å²) in [5.41, 5.74) is -0.480. The molecule has 0 fully saturated rings. The van der Waals surface area contributed by atoms with Crippen molar-refractivity contribution in [2.24, 2.45) is 0 Å². The van der Waals surface area contributed by atoms with Gasteiger partial charge < -0.3 is 9.47 Å². The maximum absolute atomic E-state index is 5.63. The fourth-order valence-corrected chi connectivity index (χ4v) is 1.36. The molecule has 2 nitrogen and oxygen atoms in total. The number of ether oxygens (including phenoxy) is 2.